The summed E-state index contributed by atoms with van der Waals surface area (Å²) in [6, 6.07) is 8.19. The maximum absolute atomic E-state index is 6.31. The van der Waals surface area contributed by atoms with E-state index in [0.29, 0.717) is 0 Å². The van der Waals surface area contributed by atoms with Gasteiger partial charge in [0.1, 0.15) is 0 Å². The minimum atomic E-state index is 0.746. The molecule has 2 aliphatic rings. The molecule has 0 fully saturated rings. The average Bonchev–Trinajstić information content (AvgIpc) is 2.71. The van der Waals surface area contributed by atoms with Gasteiger partial charge in [0.2, 0.25) is 0 Å². The predicted octanol–water partition coefficient (Wildman–Crippen LogP) is 5.77. The summed E-state index contributed by atoms with van der Waals surface area (Å²) in [7, 11) is 0. The van der Waals surface area contributed by atoms with Crippen molar-refractivity contribution in [3.63, 3.8) is 0 Å². The maximum atomic E-state index is 6.31. The van der Waals surface area contributed by atoms with Crippen LogP contribution in [0.25, 0.3) is 20.6 Å². The zero-order chi connectivity index (χ0) is 12.3. The first-order valence-corrected chi connectivity index (χ1v) is 8.41. The van der Waals surface area contributed by atoms with Gasteiger partial charge in [0.05, 0.1) is 0 Å². The smallest absolute Gasteiger partial charge is 0.0500 e. The molecule has 0 nitrogen and oxygen atoms in total. The molecule has 0 N–H and O–H groups in total. The van der Waals surface area contributed by atoms with Gasteiger partial charge in [-0.05, 0) is 23.3 Å². The first-order valence-electron chi connectivity index (χ1n) is 5.68. The fourth-order valence-corrected chi connectivity index (χ4v) is 5.74. The molecule has 18 heavy (non-hydrogen) atoms. The quantitative estimate of drug-likeness (QED) is 0.606. The van der Waals surface area contributed by atoms with E-state index in [1.54, 1.807) is 0 Å². The van der Waals surface area contributed by atoms with Crippen molar-refractivity contribution in [2.24, 2.45) is 0 Å². The number of fused-ring (bicyclic) bond motifs is 2. The highest BCUT2D eigenvalue weighted by Gasteiger charge is 2.28. The van der Waals surface area contributed by atoms with Crippen LogP contribution < -0.4 is 0 Å². The molecule has 0 spiro atoms. The lowest BCUT2D eigenvalue weighted by molar-refractivity contribution is 1.56. The summed E-state index contributed by atoms with van der Waals surface area (Å²) in [5.74, 6) is 2.35. The van der Waals surface area contributed by atoms with Crippen molar-refractivity contribution in [3.05, 3.63) is 45.4 Å². The Hall–Kier alpha value is -0.280. The third-order valence-corrected chi connectivity index (χ3v) is 6.59. The molecule has 0 amide bonds. The molecular formula is C14H8Cl2S2. The minimum Gasteiger partial charge on any atom is -0.123 e. The van der Waals surface area contributed by atoms with E-state index < -0.39 is 0 Å². The van der Waals surface area contributed by atoms with Crippen LogP contribution in [-0.2, 0) is 0 Å². The molecule has 1 aliphatic heterocycles. The van der Waals surface area contributed by atoms with E-state index in [9.17, 15) is 0 Å². The highest BCUT2D eigenvalue weighted by molar-refractivity contribution is 8.16. The van der Waals surface area contributed by atoms with Crippen LogP contribution in [0.1, 0.15) is 11.1 Å². The van der Waals surface area contributed by atoms with Crippen LogP contribution in [0.2, 0.25) is 10.0 Å². The van der Waals surface area contributed by atoms with E-state index in [0.717, 1.165) is 15.4 Å². The van der Waals surface area contributed by atoms with Crippen LogP contribution in [0.5, 0.6) is 0 Å². The van der Waals surface area contributed by atoms with Crippen LogP contribution in [0.15, 0.2) is 24.3 Å². The van der Waals surface area contributed by atoms with E-state index in [2.05, 4.69) is 12.1 Å². The van der Waals surface area contributed by atoms with Crippen LogP contribution in [-0.4, -0.2) is 11.5 Å². The van der Waals surface area contributed by atoms with Gasteiger partial charge in [0, 0.05) is 42.1 Å². The summed E-state index contributed by atoms with van der Waals surface area (Å²) in [6.07, 6.45) is 0. The molecule has 90 valence electrons. The normalized spacial score (nSPS) is 17.4. The van der Waals surface area contributed by atoms with E-state index in [1.807, 2.05) is 35.7 Å². The number of hydrogen-bond donors (Lipinski definition) is 0. The van der Waals surface area contributed by atoms with E-state index >= 15 is 0 Å². The average molecular weight is 311 g/mol. The van der Waals surface area contributed by atoms with Crippen molar-refractivity contribution < 1.29 is 0 Å². The molecule has 0 atom stereocenters. The summed E-state index contributed by atoms with van der Waals surface area (Å²) < 4.78 is 0. The zero-order valence-corrected chi connectivity index (χ0v) is 12.4. The second-order valence-electron chi connectivity index (χ2n) is 4.30. The van der Waals surface area contributed by atoms with Gasteiger partial charge < -0.3 is 0 Å². The molecule has 0 bridgehead atoms. The third kappa shape index (κ3) is 1.44. The van der Waals surface area contributed by atoms with Gasteiger partial charge in [-0.25, -0.2) is 0 Å². The van der Waals surface area contributed by atoms with Crippen LogP contribution >= 0.6 is 46.7 Å². The van der Waals surface area contributed by atoms with Crippen molar-refractivity contribution in [1.82, 2.24) is 0 Å². The summed E-state index contributed by atoms with van der Waals surface area (Å²) in [5, 5.41) is 3.73. The zero-order valence-electron chi connectivity index (χ0n) is 9.30. The molecule has 0 radical (unpaired) electrons. The van der Waals surface area contributed by atoms with Gasteiger partial charge in [-0.3, -0.25) is 0 Å². The second-order valence-corrected chi connectivity index (χ2v) is 7.32. The molecular weight excluding hydrogens is 303 g/mol. The standard InChI is InChI=1S/C14H8Cl2S2/c15-9-3-1-7-11-8(2-4-10(16)12(9)11)14-13(7)17-5-6-18-14/h1-4H,5-6H2. The van der Waals surface area contributed by atoms with E-state index in [1.165, 1.54) is 37.8 Å². The van der Waals surface area contributed by atoms with Gasteiger partial charge in [0.15, 0.2) is 0 Å². The minimum absolute atomic E-state index is 0.746. The molecule has 0 aromatic heterocycles. The van der Waals surface area contributed by atoms with Gasteiger partial charge in [0.25, 0.3) is 0 Å². The number of benzene rings is 2. The Labute approximate surface area is 124 Å². The fraction of sp³-hybridized carbons (Fsp3) is 0.143. The second kappa shape index (κ2) is 4.11. The van der Waals surface area contributed by atoms with Crippen molar-refractivity contribution in [1.29, 1.82) is 0 Å². The van der Waals surface area contributed by atoms with Gasteiger partial charge in [-0.15, -0.1) is 23.5 Å². The first kappa shape index (κ1) is 11.5. The number of thioether (sulfide) groups is 2. The number of halogens is 2. The van der Waals surface area contributed by atoms with Gasteiger partial charge in [-0.1, -0.05) is 35.3 Å². The van der Waals surface area contributed by atoms with Crippen LogP contribution in [0.3, 0.4) is 0 Å². The molecule has 0 unspecified atom stereocenters. The summed E-state index contributed by atoms with van der Waals surface area (Å²) in [5.41, 5.74) is 2.61. The monoisotopic (exact) mass is 310 g/mol. The topological polar surface area (TPSA) is 0 Å². The molecule has 1 heterocycles. The Morgan fingerprint density at radius 1 is 0.722 bits per heavy atom. The van der Waals surface area contributed by atoms with Crippen molar-refractivity contribution >= 4 is 67.3 Å². The van der Waals surface area contributed by atoms with Crippen LogP contribution in [0, 0.1) is 0 Å². The number of rotatable bonds is 0. The third-order valence-electron chi connectivity index (χ3n) is 3.33. The Bertz CT molecular complexity index is 663. The fourth-order valence-electron chi connectivity index (χ4n) is 2.61. The summed E-state index contributed by atoms with van der Waals surface area (Å²) in [6.45, 7) is 0. The summed E-state index contributed by atoms with van der Waals surface area (Å²) in [4.78, 5) is 2.82. The largest absolute Gasteiger partial charge is 0.123 e. The molecule has 4 heteroatoms. The highest BCUT2D eigenvalue weighted by atomic mass is 35.5. The Morgan fingerprint density at radius 2 is 1.22 bits per heavy atom. The Balaban J connectivity index is 2.18. The first-order chi connectivity index (χ1) is 8.77. The number of hydrogen-bond acceptors (Lipinski definition) is 2. The van der Waals surface area contributed by atoms with E-state index in [-0.39, 0.29) is 0 Å². The van der Waals surface area contributed by atoms with Gasteiger partial charge in [-0.2, -0.15) is 0 Å². The highest BCUT2D eigenvalue weighted by Crippen LogP contribution is 2.55. The summed E-state index contributed by atoms with van der Waals surface area (Å²) >= 11 is 16.5. The lowest BCUT2D eigenvalue weighted by Crippen LogP contribution is -1.91. The SMILES string of the molecule is Clc1ccc2c3c(ccc(Cl)c13)C1=C2SCCS1. The molecule has 4 rings (SSSR count). The maximum Gasteiger partial charge on any atom is 0.0500 e. The molecule has 2 aromatic carbocycles. The van der Waals surface area contributed by atoms with Crippen molar-refractivity contribution in [2.75, 3.05) is 11.5 Å². The lowest BCUT2D eigenvalue weighted by atomic mass is 10.0. The molecule has 1 aliphatic carbocycles. The van der Waals surface area contributed by atoms with Crippen molar-refractivity contribution in [2.45, 2.75) is 0 Å². The Kier molecular flexibility index (Phi) is 2.63. The lowest BCUT2D eigenvalue weighted by Gasteiger charge is -2.13. The van der Waals surface area contributed by atoms with Crippen LogP contribution in [0.4, 0.5) is 0 Å². The molecule has 2 aromatic rings. The Morgan fingerprint density at radius 3 is 1.72 bits per heavy atom. The predicted molar refractivity (Wildman–Crippen MR) is 85.7 cm³/mol. The molecule has 0 saturated heterocycles. The van der Waals surface area contributed by atoms with E-state index in [4.69, 9.17) is 23.2 Å². The molecule has 0 saturated carbocycles. The van der Waals surface area contributed by atoms with Gasteiger partial charge >= 0.3 is 0 Å². The van der Waals surface area contributed by atoms with Crippen molar-refractivity contribution in [3.8, 4) is 0 Å².